The van der Waals surface area contributed by atoms with Gasteiger partial charge in [0.05, 0.1) is 11.4 Å². The summed E-state index contributed by atoms with van der Waals surface area (Å²) in [7, 11) is 0. The second kappa shape index (κ2) is 5.50. The number of nitrogens with one attached hydrogen (secondary N) is 1. The van der Waals surface area contributed by atoms with Gasteiger partial charge in [0.2, 0.25) is 0 Å². The zero-order chi connectivity index (χ0) is 12.3. The maximum Gasteiger partial charge on any atom is 0.0605 e. The monoisotopic (exact) mass is 233 g/mol. The predicted octanol–water partition coefficient (Wildman–Crippen LogP) is 2.36. The minimum Gasteiger partial charge on any atom is -0.369 e. The molecule has 3 heteroatoms. The largest absolute Gasteiger partial charge is 0.369 e. The average Bonchev–Trinajstić information content (AvgIpc) is 2.29. The van der Waals surface area contributed by atoms with E-state index in [9.17, 15) is 0 Å². The van der Waals surface area contributed by atoms with Crippen LogP contribution in [-0.4, -0.2) is 30.2 Å². The number of nitrogens with zero attached hydrogens (tertiary/aromatic N) is 2. The van der Waals surface area contributed by atoms with Crippen molar-refractivity contribution in [3.05, 3.63) is 24.0 Å². The molecule has 0 spiro atoms. The van der Waals surface area contributed by atoms with Gasteiger partial charge in [0.15, 0.2) is 0 Å². The van der Waals surface area contributed by atoms with Crippen LogP contribution in [0.5, 0.6) is 0 Å². The Hall–Kier alpha value is -1.09. The van der Waals surface area contributed by atoms with E-state index in [0.717, 1.165) is 18.8 Å². The van der Waals surface area contributed by atoms with Crippen LogP contribution in [0.4, 0.5) is 5.69 Å². The van der Waals surface area contributed by atoms with Gasteiger partial charge < -0.3 is 10.2 Å². The Morgan fingerprint density at radius 2 is 2.29 bits per heavy atom. The van der Waals surface area contributed by atoms with Crippen LogP contribution < -0.4 is 10.2 Å². The summed E-state index contributed by atoms with van der Waals surface area (Å²) in [5.41, 5.74) is 2.43. The van der Waals surface area contributed by atoms with E-state index in [1.807, 2.05) is 12.3 Å². The molecule has 1 aromatic heterocycles. The van der Waals surface area contributed by atoms with Crippen molar-refractivity contribution in [1.29, 1.82) is 0 Å². The van der Waals surface area contributed by atoms with Crippen LogP contribution in [0.15, 0.2) is 18.3 Å². The minimum atomic E-state index is 0.565. The Kier molecular flexibility index (Phi) is 4.00. The number of hydrogen-bond acceptors (Lipinski definition) is 3. The van der Waals surface area contributed by atoms with Gasteiger partial charge in [-0.3, -0.25) is 4.98 Å². The molecule has 1 aliphatic rings. The third-order valence-electron chi connectivity index (χ3n) is 3.31. The van der Waals surface area contributed by atoms with Crippen molar-refractivity contribution in [1.82, 2.24) is 10.3 Å². The molecule has 1 aromatic rings. The summed E-state index contributed by atoms with van der Waals surface area (Å²) in [4.78, 5) is 6.84. The summed E-state index contributed by atoms with van der Waals surface area (Å²) in [6, 6.07) is 5.39. The molecular weight excluding hydrogens is 210 g/mol. The van der Waals surface area contributed by atoms with Gasteiger partial charge in [0.1, 0.15) is 0 Å². The number of aryl methyl sites for hydroxylation is 1. The van der Waals surface area contributed by atoms with Gasteiger partial charge in [-0.15, -0.1) is 0 Å². The third-order valence-corrected chi connectivity index (χ3v) is 3.31. The Balaban J connectivity index is 2.04. The number of piperidine rings is 1. The Morgan fingerprint density at radius 1 is 1.47 bits per heavy atom. The fourth-order valence-electron chi connectivity index (χ4n) is 2.61. The zero-order valence-electron chi connectivity index (χ0n) is 11.1. The standard InChI is InChI=1S/C14H23N3/c1-11(2)16-13-6-5-9-17(10-13)14-7-4-8-15-12(14)3/h4,7-8,11,13,16H,5-6,9-10H2,1-3H3. The fourth-order valence-corrected chi connectivity index (χ4v) is 2.61. The molecule has 0 radical (unpaired) electrons. The Bertz CT molecular complexity index is 362. The summed E-state index contributed by atoms with van der Waals surface area (Å²) in [5.74, 6) is 0. The van der Waals surface area contributed by atoms with E-state index in [1.54, 1.807) is 0 Å². The van der Waals surface area contributed by atoms with Crippen LogP contribution in [-0.2, 0) is 0 Å². The van der Waals surface area contributed by atoms with E-state index in [-0.39, 0.29) is 0 Å². The van der Waals surface area contributed by atoms with Crippen LogP contribution in [0, 0.1) is 6.92 Å². The Labute approximate surface area is 104 Å². The topological polar surface area (TPSA) is 28.2 Å². The lowest BCUT2D eigenvalue weighted by molar-refractivity contribution is 0.394. The van der Waals surface area contributed by atoms with E-state index >= 15 is 0 Å². The molecule has 17 heavy (non-hydrogen) atoms. The maximum absolute atomic E-state index is 4.38. The van der Waals surface area contributed by atoms with Crippen molar-refractivity contribution < 1.29 is 0 Å². The number of rotatable bonds is 3. The highest BCUT2D eigenvalue weighted by Gasteiger charge is 2.21. The first kappa shape index (κ1) is 12.4. The number of anilines is 1. The first-order valence-electron chi connectivity index (χ1n) is 6.59. The molecule has 94 valence electrons. The van der Waals surface area contributed by atoms with Gasteiger partial charge in [-0.2, -0.15) is 0 Å². The van der Waals surface area contributed by atoms with E-state index in [1.165, 1.54) is 18.5 Å². The first-order valence-corrected chi connectivity index (χ1v) is 6.59. The molecule has 0 aromatic carbocycles. The lowest BCUT2D eigenvalue weighted by atomic mass is 10.0. The van der Waals surface area contributed by atoms with Gasteiger partial charge in [-0.25, -0.2) is 0 Å². The van der Waals surface area contributed by atoms with Gasteiger partial charge in [0, 0.05) is 31.4 Å². The molecule has 0 saturated carbocycles. The summed E-state index contributed by atoms with van der Waals surface area (Å²) in [6.45, 7) is 8.78. The zero-order valence-corrected chi connectivity index (χ0v) is 11.1. The molecule has 1 saturated heterocycles. The second-order valence-electron chi connectivity index (χ2n) is 5.21. The van der Waals surface area contributed by atoms with E-state index < -0.39 is 0 Å². The highest BCUT2D eigenvalue weighted by molar-refractivity contribution is 5.50. The smallest absolute Gasteiger partial charge is 0.0605 e. The second-order valence-corrected chi connectivity index (χ2v) is 5.21. The molecule has 1 fully saturated rings. The SMILES string of the molecule is Cc1ncccc1N1CCCC(NC(C)C)C1. The van der Waals surface area contributed by atoms with E-state index in [2.05, 4.69) is 42.0 Å². The van der Waals surface area contributed by atoms with Gasteiger partial charge in [-0.1, -0.05) is 13.8 Å². The van der Waals surface area contributed by atoms with Crippen molar-refractivity contribution in [2.45, 2.75) is 45.7 Å². The van der Waals surface area contributed by atoms with Crippen molar-refractivity contribution in [2.75, 3.05) is 18.0 Å². The molecule has 0 aliphatic carbocycles. The van der Waals surface area contributed by atoms with Crippen LogP contribution in [0.25, 0.3) is 0 Å². The van der Waals surface area contributed by atoms with Crippen LogP contribution in [0.2, 0.25) is 0 Å². The normalized spacial score (nSPS) is 20.9. The highest BCUT2D eigenvalue weighted by atomic mass is 15.2. The van der Waals surface area contributed by atoms with Crippen LogP contribution in [0.1, 0.15) is 32.4 Å². The fraction of sp³-hybridized carbons (Fsp3) is 0.643. The first-order chi connectivity index (χ1) is 8.16. The van der Waals surface area contributed by atoms with Crippen molar-refractivity contribution >= 4 is 5.69 Å². The number of pyridine rings is 1. The molecule has 1 unspecified atom stereocenters. The van der Waals surface area contributed by atoms with E-state index in [0.29, 0.717) is 12.1 Å². The average molecular weight is 233 g/mol. The van der Waals surface area contributed by atoms with Gasteiger partial charge >= 0.3 is 0 Å². The maximum atomic E-state index is 4.38. The molecule has 2 rings (SSSR count). The molecule has 0 bridgehead atoms. The lowest BCUT2D eigenvalue weighted by Crippen LogP contribution is -2.48. The van der Waals surface area contributed by atoms with Gasteiger partial charge in [-0.05, 0) is 31.9 Å². The molecule has 2 heterocycles. The van der Waals surface area contributed by atoms with Crippen molar-refractivity contribution in [2.24, 2.45) is 0 Å². The lowest BCUT2D eigenvalue weighted by Gasteiger charge is -2.36. The van der Waals surface area contributed by atoms with Gasteiger partial charge in [0.25, 0.3) is 0 Å². The molecule has 3 nitrogen and oxygen atoms in total. The summed E-state index contributed by atoms with van der Waals surface area (Å²) in [5, 5.41) is 3.64. The molecule has 1 atom stereocenters. The highest BCUT2D eigenvalue weighted by Crippen LogP contribution is 2.22. The summed E-state index contributed by atoms with van der Waals surface area (Å²) < 4.78 is 0. The molecule has 1 N–H and O–H groups in total. The van der Waals surface area contributed by atoms with Crippen molar-refractivity contribution in [3.8, 4) is 0 Å². The number of aromatic nitrogens is 1. The minimum absolute atomic E-state index is 0.565. The van der Waals surface area contributed by atoms with E-state index in [4.69, 9.17) is 0 Å². The van der Waals surface area contributed by atoms with Crippen LogP contribution in [0.3, 0.4) is 0 Å². The predicted molar refractivity (Wildman–Crippen MR) is 72.5 cm³/mol. The quantitative estimate of drug-likeness (QED) is 0.868. The third kappa shape index (κ3) is 3.19. The summed E-state index contributed by atoms with van der Waals surface area (Å²) in [6.07, 6.45) is 4.42. The Morgan fingerprint density at radius 3 is 3.00 bits per heavy atom. The van der Waals surface area contributed by atoms with Crippen LogP contribution >= 0.6 is 0 Å². The summed E-state index contributed by atoms with van der Waals surface area (Å²) >= 11 is 0. The molecular formula is C14H23N3. The molecule has 0 amide bonds. The molecule has 1 aliphatic heterocycles. The van der Waals surface area contributed by atoms with Crippen molar-refractivity contribution in [3.63, 3.8) is 0 Å². The number of hydrogen-bond donors (Lipinski definition) is 1.